The normalized spacial score (nSPS) is 7.50. The molecule has 0 radical (unpaired) electrons. The Morgan fingerprint density at radius 2 is 0.500 bits per heavy atom. The molecule has 0 bridgehead atoms. The minimum absolute atomic E-state index is 0. The van der Waals surface area contributed by atoms with Crippen molar-refractivity contribution >= 4 is 85.4 Å². The van der Waals surface area contributed by atoms with Crippen molar-refractivity contribution in [3.63, 3.8) is 0 Å². The van der Waals surface area contributed by atoms with Crippen LogP contribution in [0.15, 0.2) is 0 Å². The van der Waals surface area contributed by atoms with E-state index in [9.17, 15) is 0 Å². The zero-order valence-corrected chi connectivity index (χ0v) is 26.6. The Morgan fingerprint density at radius 1 is 0.500 bits per heavy atom. The molecule has 0 aliphatic carbocycles. The first kappa shape index (κ1) is 36.9. The zero-order chi connectivity index (χ0) is 7.15. The van der Waals surface area contributed by atoms with Crippen LogP contribution in [-0.4, -0.2) is 0 Å². The van der Waals surface area contributed by atoms with Crippen LogP contribution in [-0.2, 0) is 16.2 Å². The van der Waals surface area contributed by atoms with Gasteiger partial charge in [-0.3, -0.25) is 0 Å². The van der Waals surface area contributed by atoms with Gasteiger partial charge in [-0.25, -0.2) is 0 Å². The summed E-state index contributed by atoms with van der Waals surface area (Å²) in [6, 6.07) is 0. The van der Waals surface area contributed by atoms with Gasteiger partial charge in [-0.05, 0) is 0 Å². The van der Waals surface area contributed by atoms with Gasteiger partial charge in [0.15, 0.2) is 0 Å². The van der Waals surface area contributed by atoms with Gasteiger partial charge in [0.1, 0.15) is 0 Å². The van der Waals surface area contributed by atoms with Crippen LogP contribution >= 0.6 is 85.4 Å². The summed E-state index contributed by atoms with van der Waals surface area (Å²) in [5.74, 6) is 0. The fraction of sp³-hybridized carbons (Fsp3) is 0. The molecule has 0 aromatic rings. The average molecular weight is 835 g/mol. The van der Waals surface area contributed by atoms with Crippen LogP contribution in [0.3, 0.4) is 0 Å². The first-order chi connectivity index (χ1) is 3.46. The monoisotopic (exact) mass is 825 g/mol. The minimum atomic E-state index is -0.0208. The second kappa shape index (κ2) is 31.5. The number of hydrogen-bond donors (Lipinski definition) is 0. The number of hydrogen-bond acceptors (Lipinski definition) is 0. The van der Waals surface area contributed by atoms with Gasteiger partial charge in [-0.1, -0.05) is 0 Å². The van der Waals surface area contributed by atoms with Crippen molar-refractivity contribution in [2.45, 2.75) is 0 Å². The molecule has 78 valence electrons. The molecule has 0 nitrogen and oxygen atoms in total. The van der Waals surface area contributed by atoms with Gasteiger partial charge in [-0.15, -0.1) is 0 Å². The summed E-state index contributed by atoms with van der Waals surface area (Å²) in [7, 11) is -0.0417. The van der Waals surface area contributed by atoms with E-state index in [-0.39, 0.29) is 153 Å². The van der Waals surface area contributed by atoms with Crippen LogP contribution < -0.4 is 137 Å². The molecular formula is Br8K2Ni2. The molecule has 0 rings (SSSR count). The SMILES string of the molecule is [Br-].[Br-].[Br][Ni]([Br])[Br].[Br][Ni]([Br])[Br].[K+].[K+]. The molecule has 0 saturated heterocycles. The zero-order valence-electron chi connectivity index (χ0n) is 5.66. The standard InChI is InChI=1S/8BrH.2K.2Ni/h8*1H;;;;/q;;;;;;;;2*+1;2*+3/p-8. The van der Waals surface area contributed by atoms with Crippen molar-refractivity contribution in [2.24, 2.45) is 0 Å². The quantitative estimate of drug-likeness (QED) is 0.214. The van der Waals surface area contributed by atoms with E-state index in [0.717, 1.165) is 0 Å². The Bertz CT molecular complexity index is 30.5. The van der Waals surface area contributed by atoms with Crippen LogP contribution in [0.5, 0.6) is 0 Å². The van der Waals surface area contributed by atoms with Crippen molar-refractivity contribution in [1.29, 1.82) is 0 Å². The summed E-state index contributed by atoms with van der Waals surface area (Å²) in [4.78, 5) is 0. The third-order valence-electron chi connectivity index (χ3n) is 0. The van der Waals surface area contributed by atoms with E-state index < -0.39 is 0 Å². The third kappa shape index (κ3) is 80.7. The van der Waals surface area contributed by atoms with Crippen LogP contribution in [0.25, 0.3) is 0 Å². The fourth-order valence-corrected chi connectivity index (χ4v) is 0. The third-order valence-corrected chi connectivity index (χ3v) is 0. The molecule has 0 aliphatic rings. The maximum absolute atomic E-state index is 3.15. The molecule has 0 unspecified atom stereocenters. The molecule has 0 aliphatic heterocycles. The summed E-state index contributed by atoms with van der Waals surface area (Å²) in [5.41, 5.74) is 0. The maximum Gasteiger partial charge on any atom is 1.00 e. The molecule has 0 saturated carbocycles. The van der Waals surface area contributed by atoms with E-state index >= 15 is 0 Å². The topological polar surface area (TPSA) is 0 Å². The van der Waals surface area contributed by atoms with E-state index in [4.69, 9.17) is 0 Å². The number of halogens is 8. The number of rotatable bonds is 0. The molecule has 0 aromatic heterocycles. The van der Waals surface area contributed by atoms with Crippen molar-refractivity contribution < 1.29 is 153 Å². The van der Waals surface area contributed by atoms with Gasteiger partial charge < -0.3 is 34.0 Å². The summed E-state index contributed by atoms with van der Waals surface area (Å²) >= 11 is 18.9. The minimum Gasteiger partial charge on any atom is 1.00 e. The van der Waals surface area contributed by atoms with Crippen LogP contribution in [0.2, 0.25) is 0 Å². The Morgan fingerprint density at radius 3 is 0.500 bits per heavy atom. The van der Waals surface area contributed by atoms with Crippen molar-refractivity contribution in [1.82, 2.24) is 0 Å². The molecule has 0 amide bonds. The van der Waals surface area contributed by atoms with Gasteiger partial charge in [-0.2, -0.15) is 0 Å². The van der Waals surface area contributed by atoms with Gasteiger partial charge >= 0.3 is 204 Å². The molecule has 0 spiro atoms. The predicted molar refractivity (Wildman–Crippen MR) is 53.6 cm³/mol. The summed E-state index contributed by atoms with van der Waals surface area (Å²) in [6.45, 7) is 0. The Kier molecular flexibility index (Phi) is 96.7. The first-order valence-electron chi connectivity index (χ1n) is 0.717. The Labute approximate surface area is 230 Å². The molecule has 0 heterocycles. The summed E-state index contributed by atoms with van der Waals surface area (Å²) in [5, 5.41) is 0. The molecule has 0 N–H and O–H groups in total. The smallest absolute Gasteiger partial charge is 1.00 e. The second-order valence-electron chi connectivity index (χ2n) is 0.271. The Hall–Kier alpha value is 8.10. The Balaban J connectivity index is -0.0000000112. The second-order valence-corrected chi connectivity index (χ2v) is 30.2. The first-order valence-corrected chi connectivity index (χ1v) is 15.4. The molecule has 12 heteroatoms. The van der Waals surface area contributed by atoms with Crippen LogP contribution in [0.4, 0.5) is 0 Å². The van der Waals surface area contributed by atoms with Gasteiger partial charge in [0.2, 0.25) is 0 Å². The van der Waals surface area contributed by atoms with E-state index in [0.29, 0.717) is 0 Å². The molecular weight excluding hydrogens is 835 g/mol. The largest absolute Gasteiger partial charge is 1.00 e. The predicted octanol–water partition coefficient (Wildman–Crippen LogP) is -6.92. The van der Waals surface area contributed by atoms with Gasteiger partial charge in [0.25, 0.3) is 0 Å². The van der Waals surface area contributed by atoms with E-state index in [2.05, 4.69) is 85.4 Å². The van der Waals surface area contributed by atoms with E-state index in [1.807, 2.05) is 0 Å². The maximum atomic E-state index is 3.15. The van der Waals surface area contributed by atoms with E-state index in [1.165, 1.54) is 0 Å². The van der Waals surface area contributed by atoms with Crippen LogP contribution in [0.1, 0.15) is 0 Å². The molecule has 0 aromatic carbocycles. The van der Waals surface area contributed by atoms with Crippen LogP contribution in [0, 0.1) is 0 Å². The molecule has 0 atom stereocenters. The van der Waals surface area contributed by atoms with Gasteiger partial charge in [0.05, 0.1) is 0 Å². The van der Waals surface area contributed by atoms with Crippen molar-refractivity contribution in [2.75, 3.05) is 0 Å². The van der Waals surface area contributed by atoms with E-state index in [1.54, 1.807) is 0 Å². The molecule has 0 fully saturated rings. The van der Waals surface area contributed by atoms with Gasteiger partial charge in [0, 0.05) is 0 Å². The average Bonchev–Trinajstić information content (AvgIpc) is 1.25. The molecule has 12 heavy (non-hydrogen) atoms. The summed E-state index contributed by atoms with van der Waals surface area (Å²) in [6.07, 6.45) is 0. The fourth-order valence-electron chi connectivity index (χ4n) is 0. The van der Waals surface area contributed by atoms with Crippen molar-refractivity contribution in [3.05, 3.63) is 0 Å². The van der Waals surface area contributed by atoms with Crippen molar-refractivity contribution in [3.8, 4) is 0 Å². The summed E-state index contributed by atoms with van der Waals surface area (Å²) < 4.78 is 0.